The van der Waals surface area contributed by atoms with Crippen LogP contribution in [0.5, 0.6) is 0 Å². The van der Waals surface area contributed by atoms with Crippen molar-refractivity contribution in [2.45, 2.75) is 48.0 Å². The van der Waals surface area contributed by atoms with Crippen LogP contribution in [-0.2, 0) is 4.79 Å². The molecule has 0 aromatic heterocycles. The van der Waals surface area contributed by atoms with E-state index < -0.39 is 5.82 Å². The summed E-state index contributed by atoms with van der Waals surface area (Å²) < 4.78 is 14.0. The summed E-state index contributed by atoms with van der Waals surface area (Å²) in [7, 11) is 0. The van der Waals surface area contributed by atoms with Crippen molar-refractivity contribution >= 4 is 23.5 Å². The summed E-state index contributed by atoms with van der Waals surface area (Å²) >= 11 is 5.82. The highest BCUT2D eigenvalue weighted by atomic mass is 35.5. The smallest absolute Gasteiger partial charge is 0.159 e. The number of carbonyl (C=O) groups excluding carboxylic acids is 1. The van der Waals surface area contributed by atoms with Crippen molar-refractivity contribution < 1.29 is 9.18 Å². The number of allylic oxidation sites excluding steroid dienone is 5. The van der Waals surface area contributed by atoms with Crippen LogP contribution in [0, 0.1) is 5.82 Å². The van der Waals surface area contributed by atoms with Crippen LogP contribution >= 0.6 is 11.6 Å². The average molecular weight is 433 g/mol. The third-order valence-corrected chi connectivity index (χ3v) is 4.35. The predicted molar refractivity (Wildman–Crippen MR) is 128 cm³/mol. The molecule has 0 atom stereocenters. The molecule has 1 aliphatic rings. The maximum absolute atomic E-state index is 14.0. The van der Waals surface area contributed by atoms with E-state index >= 15 is 0 Å². The second-order valence-corrected chi connectivity index (χ2v) is 6.38. The van der Waals surface area contributed by atoms with Crippen LogP contribution in [0.2, 0.25) is 5.02 Å². The number of hydrogen-bond donors (Lipinski definition) is 1. The molecule has 1 aromatic carbocycles. The standard InChI is InChI=1S/C21H22ClFN2O.2C2H6/c1-14(7-8-17-5-4-6-19(22)21(17)23)20(9-11-24)25-12-10-18(16(3)26)13-15(25)2;2*1-2/h4-8,10,12-13H,2,9,11,24H2,1,3H3;2*1-2H3/b8-7+,20-14+;;. The lowest BCUT2D eigenvalue weighted by Gasteiger charge is -2.28. The zero-order valence-corrected chi connectivity index (χ0v) is 19.7. The minimum absolute atomic E-state index is 0.0144. The van der Waals surface area contributed by atoms with Crippen LogP contribution < -0.4 is 5.73 Å². The van der Waals surface area contributed by atoms with Gasteiger partial charge in [-0.05, 0) is 44.2 Å². The van der Waals surface area contributed by atoms with Gasteiger partial charge in [0.2, 0.25) is 0 Å². The van der Waals surface area contributed by atoms with Gasteiger partial charge >= 0.3 is 0 Å². The molecule has 0 radical (unpaired) electrons. The number of ketones is 1. The van der Waals surface area contributed by atoms with Crippen LogP contribution in [-0.4, -0.2) is 17.2 Å². The quantitative estimate of drug-likeness (QED) is 0.491. The summed E-state index contributed by atoms with van der Waals surface area (Å²) in [5.41, 5.74) is 9.31. The zero-order chi connectivity index (χ0) is 23.3. The third kappa shape index (κ3) is 7.77. The zero-order valence-electron chi connectivity index (χ0n) is 18.9. The molecular weight excluding hydrogens is 399 g/mol. The van der Waals surface area contributed by atoms with E-state index in [0.29, 0.717) is 29.8 Å². The van der Waals surface area contributed by atoms with Gasteiger partial charge in [-0.15, -0.1) is 0 Å². The summed E-state index contributed by atoms with van der Waals surface area (Å²) in [6.07, 6.45) is 9.42. The molecule has 30 heavy (non-hydrogen) atoms. The van der Waals surface area contributed by atoms with Gasteiger partial charge in [0.25, 0.3) is 0 Å². The Hall–Kier alpha value is -2.43. The summed E-state index contributed by atoms with van der Waals surface area (Å²) in [6.45, 7) is 15.9. The summed E-state index contributed by atoms with van der Waals surface area (Å²) in [5, 5.41) is 0.0882. The van der Waals surface area contributed by atoms with Crippen LogP contribution in [0.15, 0.2) is 71.7 Å². The topological polar surface area (TPSA) is 46.3 Å². The number of benzene rings is 1. The Morgan fingerprint density at radius 2 is 1.87 bits per heavy atom. The molecule has 1 aromatic rings. The van der Waals surface area contributed by atoms with Gasteiger partial charge in [0.05, 0.1) is 5.02 Å². The Bertz CT molecular complexity index is 851. The van der Waals surface area contributed by atoms with Crippen molar-refractivity contribution in [1.82, 2.24) is 4.90 Å². The molecule has 3 nitrogen and oxygen atoms in total. The van der Waals surface area contributed by atoms with Crippen LogP contribution in [0.3, 0.4) is 0 Å². The number of halogens is 2. The van der Waals surface area contributed by atoms with Gasteiger partial charge in [0.15, 0.2) is 5.78 Å². The molecule has 0 amide bonds. The number of rotatable bonds is 6. The normalized spacial score (nSPS) is 13.7. The third-order valence-electron chi connectivity index (χ3n) is 4.06. The summed E-state index contributed by atoms with van der Waals surface area (Å²) in [4.78, 5) is 13.4. The lowest BCUT2D eigenvalue weighted by molar-refractivity contribution is -0.113. The van der Waals surface area contributed by atoms with Crippen molar-refractivity contribution in [3.05, 3.63) is 88.1 Å². The molecule has 0 saturated heterocycles. The van der Waals surface area contributed by atoms with E-state index in [0.717, 1.165) is 11.3 Å². The van der Waals surface area contributed by atoms with Crippen molar-refractivity contribution in [3.8, 4) is 0 Å². The molecule has 0 bridgehead atoms. The van der Waals surface area contributed by atoms with Gasteiger partial charge in [0, 0.05) is 35.2 Å². The number of Topliss-reactive ketones (excluding diaryl/α,β-unsaturated/α-hetero) is 1. The molecule has 1 heterocycles. The highest BCUT2D eigenvalue weighted by Crippen LogP contribution is 2.26. The lowest BCUT2D eigenvalue weighted by Crippen LogP contribution is -2.21. The molecule has 0 saturated carbocycles. The van der Waals surface area contributed by atoms with Crippen molar-refractivity contribution in [2.24, 2.45) is 5.73 Å². The molecule has 5 heteroatoms. The second-order valence-electron chi connectivity index (χ2n) is 5.98. The van der Waals surface area contributed by atoms with Crippen LogP contribution in [0.4, 0.5) is 4.39 Å². The number of carbonyl (C=O) groups is 1. The maximum atomic E-state index is 14.0. The SMILES string of the molecule is C=C1C=C(C(C)=O)C=CN1/C(CCN)=C(C)/C=C/c1cccc(Cl)c1F.CC.CC. The Balaban J connectivity index is 0.00000198. The van der Waals surface area contributed by atoms with E-state index in [1.54, 1.807) is 36.6 Å². The highest BCUT2D eigenvalue weighted by Gasteiger charge is 2.16. The van der Waals surface area contributed by atoms with Gasteiger partial charge in [-0.2, -0.15) is 0 Å². The van der Waals surface area contributed by atoms with Crippen LogP contribution in [0.1, 0.15) is 53.5 Å². The molecule has 2 N–H and O–H groups in total. The van der Waals surface area contributed by atoms with Crippen molar-refractivity contribution in [1.29, 1.82) is 0 Å². The molecule has 164 valence electrons. The maximum Gasteiger partial charge on any atom is 0.159 e. The van der Waals surface area contributed by atoms with E-state index in [-0.39, 0.29) is 10.8 Å². The number of nitrogens with zero attached hydrogens (tertiary/aromatic N) is 1. The molecule has 0 fully saturated rings. The fourth-order valence-corrected chi connectivity index (χ4v) is 2.82. The molecular formula is C25H34ClFN2O. The molecule has 2 rings (SSSR count). The average Bonchev–Trinajstić information content (AvgIpc) is 2.76. The van der Waals surface area contributed by atoms with Gasteiger partial charge in [-0.1, -0.05) is 70.2 Å². The second kappa shape index (κ2) is 14.5. The van der Waals surface area contributed by atoms with Crippen molar-refractivity contribution in [2.75, 3.05) is 6.54 Å². The number of hydrogen-bond acceptors (Lipinski definition) is 3. The predicted octanol–water partition coefficient (Wildman–Crippen LogP) is 7.03. The van der Waals surface area contributed by atoms with Gasteiger partial charge in [0.1, 0.15) is 5.82 Å². The highest BCUT2D eigenvalue weighted by molar-refractivity contribution is 6.30. The monoisotopic (exact) mass is 432 g/mol. The van der Waals surface area contributed by atoms with E-state index in [2.05, 4.69) is 6.58 Å². The fourth-order valence-electron chi connectivity index (χ4n) is 2.63. The summed E-state index contributed by atoms with van der Waals surface area (Å²) in [6, 6.07) is 4.88. The first-order valence-corrected chi connectivity index (χ1v) is 10.6. The summed E-state index contributed by atoms with van der Waals surface area (Å²) in [5.74, 6) is -0.464. The molecule has 0 aliphatic carbocycles. The first kappa shape index (κ1) is 27.6. The van der Waals surface area contributed by atoms with Gasteiger partial charge in [-0.25, -0.2) is 4.39 Å². The molecule has 0 unspecified atom stereocenters. The van der Waals surface area contributed by atoms with Gasteiger partial charge in [-0.3, -0.25) is 4.79 Å². The van der Waals surface area contributed by atoms with Gasteiger partial charge < -0.3 is 10.6 Å². The van der Waals surface area contributed by atoms with Crippen molar-refractivity contribution in [3.63, 3.8) is 0 Å². The fraction of sp³-hybridized carbons (Fsp3) is 0.320. The van der Waals surface area contributed by atoms with E-state index in [1.165, 1.54) is 13.0 Å². The Morgan fingerprint density at radius 3 is 2.40 bits per heavy atom. The molecule has 1 aliphatic heterocycles. The minimum atomic E-state index is -0.449. The Labute approximate surface area is 186 Å². The van der Waals surface area contributed by atoms with E-state index in [1.807, 2.05) is 45.6 Å². The lowest BCUT2D eigenvalue weighted by atomic mass is 10.0. The first-order valence-electron chi connectivity index (χ1n) is 10.3. The minimum Gasteiger partial charge on any atom is -0.330 e. The van der Waals surface area contributed by atoms with E-state index in [9.17, 15) is 9.18 Å². The van der Waals surface area contributed by atoms with E-state index in [4.69, 9.17) is 17.3 Å². The first-order chi connectivity index (χ1) is 14.3. The van der Waals surface area contributed by atoms with Crippen LogP contribution in [0.25, 0.3) is 6.08 Å². The largest absolute Gasteiger partial charge is 0.330 e. The Morgan fingerprint density at radius 1 is 1.23 bits per heavy atom. The molecule has 0 spiro atoms. The number of nitrogens with two attached hydrogens (primary N) is 1. The Kier molecular flexibility index (Phi) is 13.4.